The van der Waals surface area contributed by atoms with E-state index in [1.54, 1.807) is 12.1 Å². The van der Waals surface area contributed by atoms with Gasteiger partial charge in [-0.15, -0.1) is 0 Å². The number of anilines is 1. The molecule has 2 aromatic rings. The number of nitrogens with one attached hydrogen (secondary N) is 2. The molecule has 1 heterocycles. The maximum absolute atomic E-state index is 12.5. The number of aromatic nitrogens is 2. The Hall–Kier alpha value is -2.19. The molecule has 0 saturated carbocycles. The zero-order valence-corrected chi connectivity index (χ0v) is 19.5. The Bertz CT molecular complexity index is 965. The monoisotopic (exact) mass is 434 g/mol. The average Bonchev–Trinajstić information content (AvgIpc) is 2.93. The predicted molar refractivity (Wildman–Crippen MR) is 120 cm³/mol. The molecule has 1 amide bonds. The number of carbonyl (C=O) groups is 1. The summed E-state index contributed by atoms with van der Waals surface area (Å²) in [6, 6.07) is 6.34. The number of benzene rings is 1. The van der Waals surface area contributed by atoms with Crippen LogP contribution in [0.5, 0.6) is 0 Å². The Labute approximate surface area is 180 Å². The Morgan fingerprint density at radius 2 is 1.97 bits per heavy atom. The largest absolute Gasteiger partial charge is 0.326 e. The lowest BCUT2D eigenvalue weighted by Crippen LogP contribution is -2.24. The van der Waals surface area contributed by atoms with Crippen LogP contribution in [0.1, 0.15) is 57.0 Å². The maximum atomic E-state index is 12.5. The SMILES string of the molecule is CCCCNS(=O)(=O)c1cccc(NC(=O)CCc2c(C)nn(CC(C)C)c2C)c1. The van der Waals surface area contributed by atoms with Crippen LogP contribution in [0.4, 0.5) is 5.69 Å². The van der Waals surface area contributed by atoms with E-state index in [4.69, 9.17) is 0 Å². The van der Waals surface area contributed by atoms with Crippen LogP contribution in [0.25, 0.3) is 0 Å². The van der Waals surface area contributed by atoms with E-state index in [-0.39, 0.29) is 10.8 Å². The number of nitrogens with zero attached hydrogens (tertiary/aromatic N) is 2. The molecule has 1 aromatic carbocycles. The number of sulfonamides is 1. The van der Waals surface area contributed by atoms with Crippen LogP contribution in [0, 0.1) is 19.8 Å². The van der Waals surface area contributed by atoms with E-state index < -0.39 is 10.0 Å². The van der Waals surface area contributed by atoms with Gasteiger partial charge in [-0.3, -0.25) is 9.48 Å². The number of carbonyl (C=O) groups excluding carboxylic acids is 1. The first-order valence-electron chi connectivity index (χ1n) is 10.6. The van der Waals surface area contributed by atoms with Crippen molar-refractivity contribution in [1.82, 2.24) is 14.5 Å². The second kappa shape index (κ2) is 10.7. The van der Waals surface area contributed by atoms with Crippen molar-refractivity contribution >= 4 is 21.6 Å². The minimum Gasteiger partial charge on any atom is -0.326 e. The highest BCUT2D eigenvalue weighted by atomic mass is 32.2. The van der Waals surface area contributed by atoms with Crippen molar-refractivity contribution in [3.05, 3.63) is 41.2 Å². The zero-order chi connectivity index (χ0) is 22.3. The molecule has 2 rings (SSSR count). The molecule has 0 saturated heterocycles. The molecular formula is C22H34N4O3S. The van der Waals surface area contributed by atoms with Crippen molar-refractivity contribution in [3.63, 3.8) is 0 Å². The number of unbranched alkanes of at least 4 members (excludes halogenated alkanes) is 1. The molecule has 0 aliphatic heterocycles. The first-order chi connectivity index (χ1) is 14.1. The summed E-state index contributed by atoms with van der Waals surface area (Å²) < 4.78 is 29.3. The van der Waals surface area contributed by atoms with Crippen molar-refractivity contribution in [2.24, 2.45) is 5.92 Å². The predicted octanol–water partition coefficient (Wildman–Crippen LogP) is 3.81. The Balaban J connectivity index is 2.00. The molecule has 0 atom stereocenters. The normalized spacial score (nSPS) is 11.8. The summed E-state index contributed by atoms with van der Waals surface area (Å²) >= 11 is 0. The van der Waals surface area contributed by atoms with E-state index in [0.717, 1.165) is 36.3 Å². The van der Waals surface area contributed by atoms with E-state index >= 15 is 0 Å². The zero-order valence-electron chi connectivity index (χ0n) is 18.7. The number of aryl methyl sites for hydroxylation is 1. The minimum absolute atomic E-state index is 0.151. The summed E-state index contributed by atoms with van der Waals surface area (Å²) in [4.78, 5) is 12.6. The highest BCUT2D eigenvalue weighted by molar-refractivity contribution is 7.89. The van der Waals surface area contributed by atoms with E-state index in [9.17, 15) is 13.2 Å². The molecule has 0 fully saturated rings. The third-order valence-electron chi connectivity index (χ3n) is 4.92. The molecule has 0 radical (unpaired) electrons. The van der Waals surface area contributed by atoms with Crippen molar-refractivity contribution in [1.29, 1.82) is 0 Å². The molecule has 2 N–H and O–H groups in total. The number of amides is 1. The van der Waals surface area contributed by atoms with Gasteiger partial charge in [-0.2, -0.15) is 5.10 Å². The van der Waals surface area contributed by atoms with Gasteiger partial charge in [0.1, 0.15) is 0 Å². The fraction of sp³-hybridized carbons (Fsp3) is 0.545. The fourth-order valence-electron chi connectivity index (χ4n) is 3.29. The van der Waals surface area contributed by atoms with Gasteiger partial charge >= 0.3 is 0 Å². The van der Waals surface area contributed by atoms with Crippen LogP contribution in [0.3, 0.4) is 0 Å². The van der Waals surface area contributed by atoms with Gasteiger partial charge in [0, 0.05) is 30.9 Å². The molecular weight excluding hydrogens is 400 g/mol. The summed E-state index contributed by atoms with van der Waals surface area (Å²) in [5.74, 6) is 0.345. The third kappa shape index (κ3) is 6.67. The van der Waals surface area contributed by atoms with Crippen LogP contribution >= 0.6 is 0 Å². The standard InChI is InChI=1S/C22H34N4O3S/c1-6-7-13-23-30(28,29)20-10-8-9-19(14-20)24-22(27)12-11-21-17(4)25-26(18(21)5)15-16(2)3/h8-10,14,16,23H,6-7,11-13,15H2,1-5H3,(H,24,27). The summed E-state index contributed by atoms with van der Waals surface area (Å²) in [5.41, 5.74) is 3.62. The van der Waals surface area contributed by atoms with Crippen LogP contribution in [-0.4, -0.2) is 30.7 Å². The molecule has 8 heteroatoms. The molecule has 0 unspecified atom stereocenters. The van der Waals surface area contributed by atoms with Gasteiger partial charge in [0.15, 0.2) is 0 Å². The quantitative estimate of drug-likeness (QED) is 0.526. The van der Waals surface area contributed by atoms with Gasteiger partial charge in [-0.05, 0) is 56.4 Å². The summed E-state index contributed by atoms with van der Waals surface area (Å²) in [7, 11) is -3.58. The van der Waals surface area contributed by atoms with Gasteiger partial charge in [-0.1, -0.05) is 33.3 Å². The Morgan fingerprint density at radius 1 is 1.23 bits per heavy atom. The molecule has 7 nitrogen and oxygen atoms in total. The number of hydrogen-bond acceptors (Lipinski definition) is 4. The minimum atomic E-state index is -3.58. The molecule has 0 aliphatic rings. The van der Waals surface area contributed by atoms with Crippen LogP contribution in [-0.2, 0) is 27.8 Å². The molecule has 0 spiro atoms. The van der Waals surface area contributed by atoms with Crippen LogP contribution < -0.4 is 10.0 Å². The first kappa shape index (κ1) is 24.1. The Kier molecular flexibility index (Phi) is 8.61. The topological polar surface area (TPSA) is 93.1 Å². The lowest BCUT2D eigenvalue weighted by atomic mass is 10.1. The van der Waals surface area contributed by atoms with E-state index in [1.807, 2.05) is 25.5 Å². The Morgan fingerprint density at radius 3 is 2.63 bits per heavy atom. The van der Waals surface area contributed by atoms with Crippen molar-refractivity contribution in [2.75, 3.05) is 11.9 Å². The lowest BCUT2D eigenvalue weighted by molar-refractivity contribution is -0.116. The lowest BCUT2D eigenvalue weighted by Gasteiger charge is -2.10. The van der Waals surface area contributed by atoms with E-state index in [2.05, 4.69) is 29.0 Å². The second-order valence-corrected chi connectivity index (χ2v) is 9.82. The van der Waals surface area contributed by atoms with Crippen LogP contribution in [0.2, 0.25) is 0 Å². The highest BCUT2D eigenvalue weighted by Gasteiger charge is 2.16. The molecule has 166 valence electrons. The number of rotatable bonds is 11. The van der Waals surface area contributed by atoms with Gasteiger partial charge in [0.05, 0.1) is 10.6 Å². The molecule has 0 aliphatic carbocycles. The van der Waals surface area contributed by atoms with Crippen molar-refractivity contribution < 1.29 is 13.2 Å². The van der Waals surface area contributed by atoms with Crippen LogP contribution in [0.15, 0.2) is 29.2 Å². The van der Waals surface area contributed by atoms with Crippen molar-refractivity contribution in [3.8, 4) is 0 Å². The van der Waals surface area contributed by atoms with Crippen molar-refractivity contribution in [2.45, 2.75) is 71.7 Å². The van der Waals surface area contributed by atoms with E-state index in [1.165, 1.54) is 12.1 Å². The van der Waals surface area contributed by atoms with Gasteiger partial charge in [0.2, 0.25) is 15.9 Å². The average molecular weight is 435 g/mol. The molecule has 0 bridgehead atoms. The summed E-state index contributed by atoms with van der Waals surface area (Å²) in [6.45, 7) is 11.6. The third-order valence-corrected chi connectivity index (χ3v) is 6.38. The van der Waals surface area contributed by atoms with Gasteiger partial charge in [-0.25, -0.2) is 13.1 Å². The first-order valence-corrected chi connectivity index (χ1v) is 12.0. The number of hydrogen-bond donors (Lipinski definition) is 2. The summed E-state index contributed by atoms with van der Waals surface area (Å²) in [5, 5.41) is 7.40. The molecule has 1 aromatic heterocycles. The van der Waals surface area contributed by atoms with E-state index in [0.29, 0.717) is 31.0 Å². The highest BCUT2D eigenvalue weighted by Crippen LogP contribution is 2.18. The van der Waals surface area contributed by atoms with Gasteiger partial charge < -0.3 is 5.32 Å². The fourth-order valence-corrected chi connectivity index (χ4v) is 4.41. The maximum Gasteiger partial charge on any atom is 0.240 e. The smallest absolute Gasteiger partial charge is 0.240 e. The van der Waals surface area contributed by atoms with Gasteiger partial charge in [0.25, 0.3) is 0 Å². The molecule has 30 heavy (non-hydrogen) atoms. The second-order valence-electron chi connectivity index (χ2n) is 8.05. The summed E-state index contributed by atoms with van der Waals surface area (Å²) in [6.07, 6.45) is 2.59.